The first kappa shape index (κ1) is 12.5. The Labute approximate surface area is 113 Å². The van der Waals surface area contributed by atoms with Gasteiger partial charge in [0.1, 0.15) is 5.75 Å². The highest BCUT2D eigenvalue weighted by Crippen LogP contribution is 2.30. The van der Waals surface area contributed by atoms with Crippen LogP contribution in [0.4, 0.5) is 5.69 Å². The summed E-state index contributed by atoms with van der Waals surface area (Å²) in [4.78, 5) is 14.2. The topological polar surface area (TPSA) is 41.6 Å². The molecule has 0 bridgehead atoms. The van der Waals surface area contributed by atoms with Crippen LogP contribution in [-0.2, 0) is 4.79 Å². The van der Waals surface area contributed by atoms with Crippen LogP contribution >= 0.6 is 0 Å². The molecule has 0 spiro atoms. The largest absolute Gasteiger partial charge is 0.491 e. The maximum absolute atomic E-state index is 12.3. The number of fused-ring (bicyclic) bond motifs is 1. The molecule has 1 fully saturated rings. The van der Waals surface area contributed by atoms with Gasteiger partial charge in [0.05, 0.1) is 12.3 Å². The van der Waals surface area contributed by atoms with Gasteiger partial charge >= 0.3 is 0 Å². The van der Waals surface area contributed by atoms with Crippen molar-refractivity contribution in [1.29, 1.82) is 0 Å². The van der Waals surface area contributed by atoms with Crippen molar-refractivity contribution in [2.24, 2.45) is 0 Å². The molecule has 2 aliphatic rings. The fourth-order valence-electron chi connectivity index (χ4n) is 2.39. The Hall–Kier alpha value is -1.55. The Morgan fingerprint density at radius 2 is 2.21 bits per heavy atom. The Bertz CT molecular complexity index is 457. The molecule has 19 heavy (non-hydrogen) atoms. The lowest BCUT2D eigenvalue weighted by Crippen LogP contribution is -2.34. The van der Waals surface area contributed by atoms with Crippen LogP contribution in [-0.4, -0.2) is 31.6 Å². The summed E-state index contributed by atoms with van der Waals surface area (Å²) in [6, 6.07) is 8.46. The minimum atomic E-state index is 0.186. The first-order valence-corrected chi connectivity index (χ1v) is 7.10. The Morgan fingerprint density at radius 1 is 1.37 bits per heavy atom. The van der Waals surface area contributed by atoms with Gasteiger partial charge in [0.2, 0.25) is 5.91 Å². The lowest BCUT2D eigenvalue weighted by molar-refractivity contribution is -0.118. The zero-order valence-electron chi connectivity index (χ0n) is 11.1. The number of hydrogen-bond acceptors (Lipinski definition) is 3. The number of ether oxygens (including phenoxy) is 1. The highest BCUT2D eigenvalue weighted by atomic mass is 16.5. The van der Waals surface area contributed by atoms with E-state index >= 15 is 0 Å². The zero-order chi connectivity index (χ0) is 13.1. The minimum Gasteiger partial charge on any atom is -0.491 e. The summed E-state index contributed by atoms with van der Waals surface area (Å²) in [6.07, 6.45) is 3.96. The van der Waals surface area contributed by atoms with E-state index in [-0.39, 0.29) is 5.91 Å². The third kappa shape index (κ3) is 3.07. The molecule has 4 nitrogen and oxygen atoms in total. The molecule has 4 heteroatoms. The molecular weight excluding hydrogens is 240 g/mol. The van der Waals surface area contributed by atoms with E-state index in [0.717, 1.165) is 30.9 Å². The molecule has 1 heterocycles. The Morgan fingerprint density at radius 3 is 3.05 bits per heavy atom. The van der Waals surface area contributed by atoms with E-state index < -0.39 is 0 Å². The van der Waals surface area contributed by atoms with E-state index in [1.165, 1.54) is 12.8 Å². The number of para-hydroxylation sites is 2. The number of amides is 1. The molecule has 1 aliphatic heterocycles. The van der Waals surface area contributed by atoms with Crippen LogP contribution in [0.3, 0.4) is 0 Å². The first-order valence-electron chi connectivity index (χ1n) is 7.10. The van der Waals surface area contributed by atoms with Crippen molar-refractivity contribution in [2.45, 2.75) is 31.7 Å². The van der Waals surface area contributed by atoms with Crippen molar-refractivity contribution in [3.8, 4) is 5.75 Å². The van der Waals surface area contributed by atoms with E-state index in [1.807, 2.05) is 29.2 Å². The molecule has 0 unspecified atom stereocenters. The van der Waals surface area contributed by atoms with Gasteiger partial charge in [0.15, 0.2) is 0 Å². The maximum Gasteiger partial charge on any atom is 0.228 e. The molecule has 102 valence electrons. The van der Waals surface area contributed by atoms with E-state index in [1.54, 1.807) is 0 Å². The van der Waals surface area contributed by atoms with Gasteiger partial charge in [-0.15, -0.1) is 0 Å². The van der Waals surface area contributed by atoms with Crippen LogP contribution in [0.1, 0.15) is 25.7 Å². The lowest BCUT2D eigenvalue weighted by atomic mass is 10.2. The second-order valence-corrected chi connectivity index (χ2v) is 5.19. The standard InChI is InChI=1S/C15H20N2O2/c18-15(8-9-16-12-6-7-12)17-10-3-11-19-14-5-2-1-4-13(14)17/h1-2,4-5,12,16H,3,6-11H2. The van der Waals surface area contributed by atoms with Crippen LogP contribution in [0, 0.1) is 0 Å². The molecule has 1 saturated carbocycles. The van der Waals surface area contributed by atoms with Gasteiger partial charge in [-0.2, -0.15) is 0 Å². The summed E-state index contributed by atoms with van der Waals surface area (Å²) in [5, 5.41) is 3.39. The number of carbonyl (C=O) groups is 1. The van der Waals surface area contributed by atoms with E-state index in [2.05, 4.69) is 5.32 Å². The van der Waals surface area contributed by atoms with Gasteiger partial charge in [-0.25, -0.2) is 0 Å². The van der Waals surface area contributed by atoms with Gasteiger partial charge in [0.25, 0.3) is 0 Å². The number of hydrogen-bond donors (Lipinski definition) is 1. The maximum atomic E-state index is 12.3. The van der Waals surface area contributed by atoms with Crippen LogP contribution < -0.4 is 15.0 Å². The monoisotopic (exact) mass is 260 g/mol. The molecule has 0 saturated heterocycles. The highest BCUT2D eigenvalue weighted by Gasteiger charge is 2.23. The minimum absolute atomic E-state index is 0.186. The smallest absolute Gasteiger partial charge is 0.228 e. The zero-order valence-corrected chi connectivity index (χ0v) is 11.1. The molecule has 1 amide bonds. The fraction of sp³-hybridized carbons (Fsp3) is 0.533. The lowest BCUT2D eigenvalue weighted by Gasteiger charge is -2.21. The molecule has 1 aliphatic carbocycles. The van der Waals surface area contributed by atoms with Crippen LogP contribution in [0.5, 0.6) is 5.75 Å². The molecule has 0 aromatic heterocycles. The fourth-order valence-corrected chi connectivity index (χ4v) is 2.39. The predicted octanol–water partition coefficient (Wildman–Crippen LogP) is 1.94. The van der Waals surface area contributed by atoms with Gasteiger partial charge in [-0.05, 0) is 31.4 Å². The number of nitrogens with one attached hydrogen (secondary N) is 1. The van der Waals surface area contributed by atoms with E-state index in [9.17, 15) is 4.79 Å². The summed E-state index contributed by atoms with van der Waals surface area (Å²) in [6.45, 7) is 2.21. The van der Waals surface area contributed by atoms with Crippen molar-refractivity contribution in [3.63, 3.8) is 0 Å². The van der Waals surface area contributed by atoms with Crippen molar-refractivity contribution in [2.75, 3.05) is 24.6 Å². The van der Waals surface area contributed by atoms with Crippen molar-refractivity contribution >= 4 is 11.6 Å². The van der Waals surface area contributed by atoms with Crippen molar-refractivity contribution in [1.82, 2.24) is 5.32 Å². The molecular formula is C15H20N2O2. The first-order chi connectivity index (χ1) is 9.34. The molecule has 0 atom stereocenters. The molecule has 1 aromatic rings. The SMILES string of the molecule is O=C(CCNC1CC1)N1CCCOc2ccccc21. The third-order valence-electron chi connectivity index (χ3n) is 3.59. The summed E-state index contributed by atoms with van der Waals surface area (Å²) < 4.78 is 5.67. The summed E-state index contributed by atoms with van der Waals surface area (Å²) >= 11 is 0. The molecule has 1 aromatic carbocycles. The Kier molecular flexibility index (Phi) is 3.69. The van der Waals surface area contributed by atoms with Gasteiger partial charge in [-0.3, -0.25) is 4.79 Å². The van der Waals surface area contributed by atoms with Crippen LogP contribution in [0.2, 0.25) is 0 Å². The predicted molar refractivity (Wildman–Crippen MR) is 74.5 cm³/mol. The summed E-state index contributed by atoms with van der Waals surface area (Å²) in [7, 11) is 0. The second kappa shape index (κ2) is 5.61. The average Bonchev–Trinajstić information content (AvgIpc) is 3.24. The Balaban J connectivity index is 1.66. The quantitative estimate of drug-likeness (QED) is 0.899. The van der Waals surface area contributed by atoms with Crippen LogP contribution in [0.15, 0.2) is 24.3 Å². The normalized spacial score (nSPS) is 18.4. The van der Waals surface area contributed by atoms with Crippen molar-refractivity contribution in [3.05, 3.63) is 24.3 Å². The molecule has 1 N–H and O–H groups in total. The number of carbonyl (C=O) groups excluding carboxylic acids is 1. The third-order valence-corrected chi connectivity index (χ3v) is 3.59. The number of benzene rings is 1. The van der Waals surface area contributed by atoms with E-state index in [0.29, 0.717) is 19.1 Å². The van der Waals surface area contributed by atoms with Crippen molar-refractivity contribution < 1.29 is 9.53 Å². The average molecular weight is 260 g/mol. The summed E-state index contributed by atoms with van der Waals surface area (Å²) in [5.41, 5.74) is 0.913. The number of rotatable bonds is 4. The van der Waals surface area contributed by atoms with E-state index in [4.69, 9.17) is 4.74 Å². The van der Waals surface area contributed by atoms with Gasteiger partial charge in [0, 0.05) is 25.6 Å². The van der Waals surface area contributed by atoms with Crippen LogP contribution in [0.25, 0.3) is 0 Å². The number of nitrogens with zero attached hydrogens (tertiary/aromatic N) is 1. The van der Waals surface area contributed by atoms with Gasteiger partial charge in [-0.1, -0.05) is 12.1 Å². The second-order valence-electron chi connectivity index (χ2n) is 5.19. The number of anilines is 1. The molecule has 3 rings (SSSR count). The molecule has 0 radical (unpaired) electrons. The highest BCUT2D eigenvalue weighted by molar-refractivity contribution is 5.95. The van der Waals surface area contributed by atoms with Gasteiger partial charge < -0.3 is 15.0 Å². The summed E-state index contributed by atoms with van der Waals surface area (Å²) in [5.74, 6) is 1.01.